The molecule has 16 nitrogen and oxygen atoms in total. The third-order valence-corrected chi connectivity index (χ3v) is 14.6. The van der Waals surface area contributed by atoms with Crippen molar-refractivity contribution in [2.75, 3.05) is 87.4 Å². The molecule has 0 saturated carbocycles. The van der Waals surface area contributed by atoms with E-state index >= 15 is 4.39 Å². The maximum absolute atomic E-state index is 15.1. The Bertz CT molecular complexity index is 2810. The zero-order chi connectivity index (χ0) is 46.9. The molecule has 354 valence electrons. The number of H-pyrrole nitrogens is 1. The Hall–Kier alpha value is -5.79. The number of hydrogen-bond donors (Lipinski definition) is 3. The lowest BCUT2D eigenvalue weighted by atomic mass is 9.72. The van der Waals surface area contributed by atoms with Gasteiger partial charge >= 0.3 is 0 Å². The van der Waals surface area contributed by atoms with Crippen LogP contribution < -0.4 is 24.6 Å². The maximum atomic E-state index is 15.1. The normalized spacial score (nSPS) is 20.4. The number of amides is 1. The fraction of sp³-hybridized carbons (Fsp3) is 0.417. The highest BCUT2D eigenvalue weighted by atomic mass is 35.5. The molecule has 67 heavy (non-hydrogen) atoms. The van der Waals surface area contributed by atoms with Crippen LogP contribution in [-0.2, 0) is 19.5 Å². The Kier molecular flexibility index (Phi) is 13.2. The number of allylic oxidation sites excluding steroid dienone is 1. The topological polar surface area (TPSA) is 185 Å². The molecule has 1 aliphatic carbocycles. The first-order valence-electron chi connectivity index (χ1n) is 22.6. The highest BCUT2D eigenvalue weighted by Crippen LogP contribution is 2.44. The third-order valence-electron chi connectivity index (χ3n) is 13.0. The van der Waals surface area contributed by atoms with Crippen LogP contribution in [0.4, 0.5) is 32.8 Å². The molecule has 1 atom stereocenters. The van der Waals surface area contributed by atoms with Crippen molar-refractivity contribution in [3.63, 3.8) is 0 Å². The van der Waals surface area contributed by atoms with E-state index in [1.807, 2.05) is 41.3 Å². The number of hydrogen-bond acceptors (Lipinski definition) is 13. The van der Waals surface area contributed by atoms with Crippen molar-refractivity contribution in [1.29, 1.82) is 0 Å². The van der Waals surface area contributed by atoms with Crippen LogP contribution in [0, 0.1) is 15.5 Å². The lowest BCUT2D eigenvalue weighted by Crippen LogP contribution is -2.47. The number of pyridine rings is 1. The first kappa shape index (κ1) is 46.3. The first-order chi connectivity index (χ1) is 32.1. The molecule has 19 heteroatoms. The minimum Gasteiger partial charge on any atom is -0.476 e. The zero-order valence-electron chi connectivity index (χ0n) is 37.5. The molecule has 4 aliphatic rings. The number of sulfonamides is 1. The van der Waals surface area contributed by atoms with Crippen molar-refractivity contribution in [3.8, 4) is 5.88 Å². The predicted octanol–water partition coefficient (Wildman–Crippen LogP) is 8.46. The van der Waals surface area contributed by atoms with Gasteiger partial charge in [0.05, 0.1) is 47.4 Å². The Morgan fingerprint density at radius 3 is 2.54 bits per heavy atom. The van der Waals surface area contributed by atoms with Crippen LogP contribution in [0.1, 0.15) is 61.9 Å². The highest BCUT2D eigenvalue weighted by Gasteiger charge is 2.36. The Morgan fingerprint density at radius 2 is 1.78 bits per heavy atom. The maximum Gasteiger partial charge on any atom is 0.293 e. The van der Waals surface area contributed by atoms with Crippen molar-refractivity contribution in [1.82, 2.24) is 19.6 Å². The van der Waals surface area contributed by atoms with Crippen LogP contribution in [-0.4, -0.2) is 112 Å². The number of carbonyl (C=O) groups is 1. The molecule has 1 amide bonds. The smallest absolute Gasteiger partial charge is 0.293 e. The minimum absolute atomic E-state index is 0.00951. The number of aromatic amines is 1. The average molecular weight is 958 g/mol. The van der Waals surface area contributed by atoms with Gasteiger partial charge in [-0.1, -0.05) is 43.2 Å². The number of fused-ring (bicyclic) bond motifs is 2. The number of nitro groups is 1. The molecule has 3 aliphatic heterocycles. The van der Waals surface area contributed by atoms with Crippen LogP contribution in [0.2, 0.25) is 5.02 Å². The average Bonchev–Trinajstić information content (AvgIpc) is 3.77. The van der Waals surface area contributed by atoms with E-state index in [0.29, 0.717) is 48.9 Å². The number of ether oxygens (including phenoxy) is 3. The van der Waals surface area contributed by atoms with E-state index in [0.717, 1.165) is 86.3 Å². The second-order valence-corrected chi connectivity index (χ2v) is 20.5. The fourth-order valence-electron chi connectivity index (χ4n) is 9.29. The molecule has 0 unspecified atom stereocenters. The summed E-state index contributed by atoms with van der Waals surface area (Å²) in [5.41, 5.74) is 6.13. The summed E-state index contributed by atoms with van der Waals surface area (Å²) in [6, 6.07) is 20.5. The largest absolute Gasteiger partial charge is 0.476 e. The van der Waals surface area contributed by atoms with Gasteiger partial charge in [0.2, 0.25) is 11.7 Å². The van der Waals surface area contributed by atoms with Gasteiger partial charge in [0.25, 0.3) is 21.6 Å². The van der Waals surface area contributed by atoms with Crippen LogP contribution in [0.15, 0.2) is 89.5 Å². The number of nitrogens with one attached hydrogen (secondary N) is 3. The van der Waals surface area contributed by atoms with Crippen molar-refractivity contribution in [2.45, 2.75) is 56.7 Å². The third kappa shape index (κ3) is 10.4. The predicted molar refractivity (Wildman–Crippen MR) is 256 cm³/mol. The summed E-state index contributed by atoms with van der Waals surface area (Å²) >= 11 is 6.27. The molecule has 3 N–H and O–H groups in total. The standard InChI is InChI=1S/C48H54ClFN8O8S/c1-47(2)15-13-34(39(28-47)32-5-7-35(49)8-6-32)29-55-18-20-56(21-19-55)36-9-11-38(41(26-36)57-17-3-4-22-65-46-43(57)25-33-14-16-51-44(33)53-46)45(59)54-67(62,63)37-10-12-40(42(27-37)58(60)61)52-30-48(50)31-64-23-24-66-48/h5-12,14,16,25-27,52H,3-4,13,15,17-24,28-31H2,1-2H3,(H,51,53)(H,54,59)/t48-/m1/s1. The van der Waals surface area contributed by atoms with Gasteiger partial charge in [0.1, 0.15) is 23.6 Å². The van der Waals surface area contributed by atoms with E-state index in [1.165, 1.54) is 16.7 Å². The van der Waals surface area contributed by atoms with Crippen LogP contribution in [0.3, 0.4) is 0 Å². The monoisotopic (exact) mass is 956 g/mol. The summed E-state index contributed by atoms with van der Waals surface area (Å²) in [5.74, 6) is -2.80. The van der Waals surface area contributed by atoms with E-state index in [9.17, 15) is 23.3 Å². The van der Waals surface area contributed by atoms with Crippen molar-refractivity contribution < 1.29 is 36.7 Å². The molecule has 5 aromatic rings. The van der Waals surface area contributed by atoms with E-state index < -0.39 is 43.8 Å². The van der Waals surface area contributed by atoms with Gasteiger partial charge in [0, 0.05) is 67.6 Å². The van der Waals surface area contributed by atoms with Crippen molar-refractivity contribution in [3.05, 3.63) is 111 Å². The van der Waals surface area contributed by atoms with Gasteiger partial charge in [-0.3, -0.25) is 19.8 Å². The Labute approximate surface area is 393 Å². The molecule has 2 aromatic heterocycles. The molecular formula is C48H54ClFN8O8S. The molecule has 0 bridgehead atoms. The minimum atomic E-state index is -4.69. The number of benzene rings is 3. The summed E-state index contributed by atoms with van der Waals surface area (Å²) in [6.45, 7) is 8.87. The van der Waals surface area contributed by atoms with E-state index in [4.69, 9.17) is 30.8 Å². The molecular weight excluding hydrogens is 903 g/mol. The lowest BCUT2D eigenvalue weighted by Gasteiger charge is -2.39. The number of halogens is 2. The molecule has 0 radical (unpaired) electrons. The Morgan fingerprint density at radius 1 is 0.970 bits per heavy atom. The van der Waals surface area contributed by atoms with E-state index in [2.05, 4.69) is 50.8 Å². The van der Waals surface area contributed by atoms with Gasteiger partial charge < -0.3 is 34.3 Å². The molecule has 9 rings (SSSR count). The Balaban J connectivity index is 0.997. The SMILES string of the molecule is CC1(C)CCC(CN2CCN(c3ccc(C(=O)NS(=O)(=O)c4ccc(NC[C@]5(F)COCCO5)c([N+](=O)[O-])c4)c(N4CCCCOc5nc6[nH]ccc6cc54)c3)CC2)=C(c2ccc(Cl)cc2)C1. The number of piperazine rings is 1. The number of alkyl halides is 1. The summed E-state index contributed by atoms with van der Waals surface area (Å²) in [6.07, 6.45) is 6.35. The van der Waals surface area contributed by atoms with Gasteiger partial charge in [-0.15, -0.1) is 0 Å². The molecule has 2 fully saturated rings. The fourth-order valence-corrected chi connectivity index (χ4v) is 10.4. The molecule has 3 aromatic carbocycles. The summed E-state index contributed by atoms with van der Waals surface area (Å²) in [4.78, 5) is 39.9. The van der Waals surface area contributed by atoms with Gasteiger partial charge in [-0.2, -0.15) is 4.98 Å². The van der Waals surface area contributed by atoms with Crippen molar-refractivity contribution in [2.24, 2.45) is 5.41 Å². The quantitative estimate of drug-likeness (QED) is 0.0800. The number of aromatic nitrogens is 2. The number of carbonyl (C=O) groups excluding carboxylic acids is 1. The van der Waals surface area contributed by atoms with Gasteiger partial charge in [-0.25, -0.2) is 17.5 Å². The highest BCUT2D eigenvalue weighted by molar-refractivity contribution is 7.90. The van der Waals surface area contributed by atoms with Crippen LogP contribution in [0.25, 0.3) is 16.6 Å². The summed E-state index contributed by atoms with van der Waals surface area (Å²) in [5, 5.41) is 16.4. The van der Waals surface area contributed by atoms with Crippen molar-refractivity contribution >= 4 is 72.6 Å². The molecule has 5 heterocycles. The molecule has 0 spiro atoms. The van der Waals surface area contributed by atoms with E-state index in [1.54, 1.807) is 12.3 Å². The van der Waals surface area contributed by atoms with Gasteiger partial charge in [0.15, 0.2) is 0 Å². The summed E-state index contributed by atoms with van der Waals surface area (Å²) < 4.78 is 61.6. The number of nitro benzene ring substituents is 1. The number of nitrogens with zero attached hydrogens (tertiary/aromatic N) is 5. The first-order valence-corrected chi connectivity index (χ1v) is 24.5. The van der Waals surface area contributed by atoms with E-state index in [-0.39, 0.29) is 36.5 Å². The summed E-state index contributed by atoms with van der Waals surface area (Å²) in [7, 11) is -4.69. The van der Waals surface area contributed by atoms with Crippen LogP contribution >= 0.6 is 11.6 Å². The zero-order valence-corrected chi connectivity index (χ0v) is 39.1. The number of rotatable bonds is 12. The number of anilines is 4. The van der Waals surface area contributed by atoms with Crippen LogP contribution in [0.5, 0.6) is 5.88 Å². The lowest BCUT2D eigenvalue weighted by molar-refractivity contribution is -0.384. The second kappa shape index (κ2) is 19.1. The second-order valence-electron chi connectivity index (χ2n) is 18.3. The molecule has 2 saturated heterocycles. The van der Waals surface area contributed by atoms with Gasteiger partial charge in [-0.05, 0) is 103 Å².